The minimum atomic E-state index is -0.685. The molecule has 0 radical (unpaired) electrons. The highest BCUT2D eigenvalue weighted by molar-refractivity contribution is 7.18. The molecule has 1 unspecified atom stereocenters. The van der Waals surface area contributed by atoms with Crippen LogP contribution in [-0.4, -0.2) is 26.6 Å². The number of rotatable bonds is 5. The van der Waals surface area contributed by atoms with Crippen molar-refractivity contribution in [2.75, 3.05) is 0 Å². The van der Waals surface area contributed by atoms with Gasteiger partial charge in [-0.15, -0.1) is 5.10 Å². The summed E-state index contributed by atoms with van der Waals surface area (Å²) in [7, 11) is 0. The third-order valence-electron chi connectivity index (χ3n) is 3.54. The number of hydrogen-bond acceptors (Lipinski definition) is 6. The van der Waals surface area contributed by atoms with Crippen molar-refractivity contribution in [3.8, 4) is 16.7 Å². The molecule has 1 aromatic carbocycles. The lowest BCUT2D eigenvalue weighted by Gasteiger charge is -2.13. The zero-order valence-electron chi connectivity index (χ0n) is 14.5. The van der Waals surface area contributed by atoms with Crippen LogP contribution in [-0.2, 0) is 10.2 Å². The van der Waals surface area contributed by atoms with E-state index in [0.717, 1.165) is 10.7 Å². The van der Waals surface area contributed by atoms with Gasteiger partial charge in [-0.1, -0.05) is 20.8 Å². The molecule has 1 atom stereocenters. The van der Waals surface area contributed by atoms with Crippen LogP contribution in [0.15, 0.2) is 30.5 Å². The summed E-state index contributed by atoms with van der Waals surface area (Å²) in [6, 6.07) is 6.91. The number of carbonyl (C=O) groups excluding carboxylic acids is 1. The van der Waals surface area contributed by atoms with Crippen molar-refractivity contribution in [3.05, 3.63) is 36.2 Å². The van der Waals surface area contributed by atoms with E-state index >= 15 is 0 Å². The van der Waals surface area contributed by atoms with Crippen LogP contribution in [0, 0.1) is 0 Å². The molecule has 0 aliphatic carbocycles. The van der Waals surface area contributed by atoms with E-state index < -0.39 is 12.0 Å². The smallest absolute Gasteiger partial charge is 0.299 e. The normalized spacial score (nSPS) is 13.0. The Morgan fingerprint density at radius 3 is 2.44 bits per heavy atom. The zero-order chi connectivity index (χ0) is 18.2. The molecule has 3 rings (SSSR count). The van der Waals surface area contributed by atoms with E-state index in [1.54, 1.807) is 35.7 Å². The van der Waals surface area contributed by atoms with Crippen LogP contribution in [0.25, 0.3) is 4.96 Å². The van der Waals surface area contributed by atoms with Crippen molar-refractivity contribution in [3.63, 3.8) is 0 Å². The SMILES string of the molecule is CC(Oc1ccc(Oc2nn3cc(C(C)(C)C)nc3s2)cc1)C(N)=O. The summed E-state index contributed by atoms with van der Waals surface area (Å²) in [5.41, 5.74) is 6.14. The lowest BCUT2D eigenvalue weighted by atomic mass is 9.93. The first-order chi connectivity index (χ1) is 11.7. The van der Waals surface area contributed by atoms with Gasteiger partial charge in [-0.25, -0.2) is 9.50 Å². The molecule has 132 valence electrons. The molecule has 0 saturated heterocycles. The maximum absolute atomic E-state index is 11.0. The van der Waals surface area contributed by atoms with Crippen molar-refractivity contribution in [2.24, 2.45) is 5.73 Å². The summed E-state index contributed by atoms with van der Waals surface area (Å²) >= 11 is 1.37. The van der Waals surface area contributed by atoms with Crippen LogP contribution in [0.2, 0.25) is 0 Å². The zero-order valence-corrected chi connectivity index (χ0v) is 15.3. The third kappa shape index (κ3) is 3.90. The summed E-state index contributed by atoms with van der Waals surface area (Å²) < 4.78 is 12.9. The Hall–Kier alpha value is -2.61. The quantitative estimate of drug-likeness (QED) is 0.755. The number of fused-ring (bicyclic) bond motifs is 1. The average Bonchev–Trinajstić information content (AvgIpc) is 3.07. The lowest BCUT2D eigenvalue weighted by Crippen LogP contribution is -2.30. The van der Waals surface area contributed by atoms with Crippen LogP contribution < -0.4 is 15.2 Å². The highest BCUT2D eigenvalue weighted by Crippen LogP contribution is 2.30. The van der Waals surface area contributed by atoms with E-state index in [9.17, 15) is 4.79 Å². The van der Waals surface area contributed by atoms with Gasteiger partial charge in [-0.05, 0) is 42.5 Å². The summed E-state index contributed by atoms with van der Waals surface area (Å²) in [5.74, 6) is 0.649. The molecule has 0 fully saturated rings. The lowest BCUT2D eigenvalue weighted by molar-refractivity contribution is -0.123. The highest BCUT2D eigenvalue weighted by atomic mass is 32.1. The number of imidazole rings is 1. The number of benzene rings is 1. The molecule has 0 aliphatic heterocycles. The van der Waals surface area contributed by atoms with Gasteiger partial charge in [0.1, 0.15) is 11.5 Å². The van der Waals surface area contributed by atoms with Gasteiger partial charge >= 0.3 is 0 Å². The monoisotopic (exact) mass is 360 g/mol. The molecule has 2 N–H and O–H groups in total. The first-order valence-corrected chi connectivity index (χ1v) is 8.64. The fourth-order valence-corrected chi connectivity index (χ4v) is 2.79. The third-order valence-corrected chi connectivity index (χ3v) is 4.34. The van der Waals surface area contributed by atoms with E-state index in [1.165, 1.54) is 11.3 Å². The predicted molar refractivity (Wildman–Crippen MR) is 95.4 cm³/mol. The molecule has 0 aliphatic rings. The topological polar surface area (TPSA) is 91.7 Å². The maximum Gasteiger partial charge on any atom is 0.299 e. The van der Waals surface area contributed by atoms with E-state index in [-0.39, 0.29) is 5.41 Å². The summed E-state index contributed by atoms with van der Waals surface area (Å²) in [6.45, 7) is 7.93. The Labute approximate surface area is 149 Å². The largest absolute Gasteiger partial charge is 0.481 e. The molecule has 2 heterocycles. The number of carbonyl (C=O) groups is 1. The number of hydrogen-bond donors (Lipinski definition) is 1. The standard InChI is InChI=1S/C17H20N4O3S/c1-10(14(18)22)23-11-5-7-12(8-6-11)24-16-20-21-9-13(17(2,3)4)19-15(21)25-16/h5-10H,1-4H3,(H2,18,22). The van der Waals surface area contributed by atoms with Gasteiger partial charge in [-0.2, -0.15) is 0 Å². The molecule has 25 heavy (non-hydrogen) atoms. The van der Waals surface area contributed by atoms with Gasteiger partial charge in [-0.3, -0.25) is 4.79 Å². The first-order valence-electron chi connectivity index (χ1n) is 7.83. The second-order valence-electron chi connectivity index (χ2n) is 6.71. The first kappa shape index (κ1) is 17.2. The molecule has 1 amide bonds. The molecular formula is C17H20N4O3S. The summed E-state index contributed by atoms with van der Waals surface area (Å²) in [4.78, 5) is 16.4. The van der Waals surface area contributed by atoms with Crippen LogP contribution >= 0.6 is 11.3 Å². The minimum absolute atomic E-state index is 0.0215. The Bertz CT molecular complexity index is 861. The van der Waals surface area contributed by atoms with Gasteiger partial charge in [0.15, 0.2) is 6.10 Å². The summed E-state index contributed by atoms with van der Waals surface area (Å²) in [5, 5.41) is 4.90. The highest BCUT2D eigenvalue weighted by Gasteiger charge is 2.19. The second-order valence-corrected chi connectivity index (χ2v) is 7.63. The van der Waals surface area contributed by atoms with Crippen molar-refractivity contribution >= 4 is 22.2 Å². The van der Waals surface area contributed by atoms with Gasteiger partial charge in [0.05, 0.1) is 11.9 Å². The van der Waals surface area contributed by atoms with Crippen LogP contribution in [0.3, 0.4) is 0 Å². The molecule has 8 heteroatoms. The minimum Gasteiger partial charge on any atom is -0.481 e. The number of amides is 1. The van der Waals surface area contributed by atoms with Gasteiger partial charge in [0.2, 0.25) is 4.96 Å². The van der Waals surface area contributed by atoms with Crippen molar-refractivity contribution in [1.82, 2.24) is 14.6 Å². The van der Waals surface area contributed by atoms with E-state index in [0.29, 0.717) is 16.7 Å². The number of nitrogens with two attached hydrogens (primary N) is 1. The number of nitrogens with zero attached hydrogens (tertiary/aromatic N) is 3. The van der Waals surface area contributed by atoms with E-state index in [2.05, 4.69) is 30.9 Å². The van der Waals surface area contributed by atoms with Gasteiger partial charge in [0, 0.05) is 5.41 Å². The van der Waals surface area contributed by atoms with Crippen LogP contribution in [0.1, 0.15) is 33.4 Å². The summed E-state index contributed by atoms with van der Waals surface area (Å²) in [6.07, 6.45) is 1.23. The van der Waals surface area contributed by atoms with Crippen molar-refractivity contribution in [2.45, 2.75) is 39.2 Å². The van der Waals surface area contributed by atoms with Crippen molar-refractivity contribution < 1.29 is 14.3 Å². The van der Waals surface area contributed by atoms with E-state index in [4.69, 9.17) is 15.2 Å². The predicted octanol–water partition coefficient (Wildman–Crippen LogP) is 3.13. The van der Waals surface area contributed by atoms with Crippen LogP contribution in [0.4, 0.5) is 0 Å². The van der Waals surface area contributed by atoms with Crippen molar-refractivity contribution in [1.29, 1.82) is 0 Å². The number of primary amides is 1. The molecular weight excluding hydrogens is 340 g/mol. The number of ether oxygens (including phenoxy) is 2. The van der Waals surface area contributed by atoms with E-state index in [1.807, 2.05) is 6.20 Å². The fourth-order valence-electron chi connectivity index (χ4n) is 2.03. The average molecular weight is 360 g/mol. The molecule has 0 bridgehead atoms. The molecule has 7 nitrogen and oxygen atoms in total. The Kier molecular flexibility index (Phi) is 4.38. The Morgan fingerprint density at radius 2 is 1.88 bits per heavy atom. The fraction of sp³-hybridized carbons (Fsp3) is 0.353. The number of aromatic nitrogens is 3. The molecule has 0 saturated carbocycles. The Morgan fingerprint density at radius 1 is 1.24 bits per heavy atom. The van der Waals surface area contributed by atoms with Gasteiger partial charge < -0.3 is 15.2 Å². The van der Waals surface area contributed by atoms with Crippen LogP contribution in [0.5, 0.6) is 16.7 Å². The second kappa shape index (κ2) is 6.36. The van der Waals surface area contributed by atoms with Gasteiger partial charge in [0.25, 0.3) is 11.1 Å². The molecule has 0 spiro atoms. The molecule has 2 aromatic heterocycles. The Balaban J connectivity index is 1.71. The molecule has 3 aromatic rings. The maximum atomic E-state index is 11.0.